The Morgan fingerprint density at radius 1 is 1.21 bits per heavy atom. The third-order valence-electron chi connectivity index (χ3n) is 5.33. The van der Waals surface area contributed by atoms with E-state index in [9.17, 15) is 4.21 Å². The Bertz CT molecular complexity index is 1250. The number of hydrogen-bond donors (Lipinski definition) is 1. The Kier molecular flexibility index (Phi) is 7.28. The first-order chi connectivity index (χ1) is 16.3. The van der Waals surface area contributed by atoms with Gasteiger partial charge in [-0.25, -0.2) is 19.2 Å². The Morgan fingerprint density at radius 2 is 2.00 bits per heavy atom. The lowest BCUT2D eigenvalue weighted by Crippen LogP contribution is -2.44. The fourth-order valence-electron chi connectivity index (χ4n) is 3.64. The van der Waals surface area contributed by atoms with Crippen molar-refractivity contribution in [3.63, 3.8) is 0 Å². The van der Waals surface area contributed by atoms with Crippen molar-refractivity contribution in [3.8, 4) is 17.1 Å². The SMILES string of the molecule is COc1ccc(CNc2cc(-c3nc(N=S(C)(C)=O)cc(N4CCOC[C@H]4C)n3)ccn2)cc1. The number of rotatable bonds is 7. The van der Waals surface area contributed by atoms with Gasteiger partial charge in [0.25, 0.3) is 0 Å². The summed E-state index contributed by atoms with van der Waals surface area (Å²) in [7, 11) is -0.731. The fourth-order valence-corrected chi connectivity index (χ4v) is 4.18. The van der Waals surface area contributed by atoms with Crippen molar-refractivity contribution in [2.45, 2.75) is 19.5 Å². The van der Waals surface area contributed by atoms with Crippen molar-refractivity contribution in [2.24, 2.45) is 4.36 Å². The second kappa shape index (κ2) is 10.4. The lowest BCUT2D eigenvalue weighted by molar-refractivity contribution is 0.0985. The summed E-state index contributed by atoms with van der Waals surface area (Å²) < 4.78 is 27.5. The topological polar surface area (TPSA) is 102 Å². The molecule has 1 N–H and O–H groups in total. The maximum Gasteiger partial charge on any atom is 0.167 e. The van der Waals surface area contributed by atoms with Gasteiger partial charge in [-0.15, -0.1) is 0 Å². The van der Waals surface area contributed by atoms with E-state index in [0.717, 1.165) is 29.2 Å². The van der Waals surface area contributed by atoms with Gasteiger partial charge in [0.1, 0.15) is 17.4 Å². The molecule has 0 spiro atoms. The average Bonchev–Trinajstić information content (AvgIpc) is 2.82. The highest BCUT2D eigenvalue weighted by molar-refractivity contribution is 7.92. The predicted molar refractivity (Wildman–Crippen MR) is 135 cm³/mol. The van der Waals surface area contributed by atoms with Gasteiger partial charge in [0, 0.05) is 53.2 Å². The molecule has 0 aliphatic carbocycles. The third-order valence-corrected chi connectivity index (χ3v) is 5.95. The van der Waals surface area contributed by atoms with Crippen LogP contribution in [-0.2, 0) is 21.0 Å². The number of hydrogen-bond acceptors (Lipinski definition) is 9. The molecule has 10 heteroatoms. The second-order valence-corrected chi connectivity index (χ2v) is 11.0. The van der Waals surface area contributed by atoms with E-state index < -0.39 is 9.73 Å². The molecule has 1 fully saturated rings. The van der Waals surface area contributed by atoms with Crippen LogP contribution in [0.2, 0.25) is 0 Å². The summed E-state index contributed by atoms with van der Waals surface area (Å²) in [5.41, 5.74) is 1.90. The number of nitrogens with one attached hydrogen (secondary N) is 1. The fraction of sp³-hybridized carbons (Fsp3) is 0.375. The minimum Gasteiger partial charge on any atom is -0.497 e. The lowest BCUT2D eigenvalue weighted by atomic mass is 10.2. The van der Waals surface area contributed by atoms with E-state index in [-0.39, 0.29) is 6.04 Å². The molecule has 1 aliphatic heterocycles. The van der Waals surface area contributed by atoms with Gasteiger partial charge in [0.05, 0.1) is 26.4 Å². The number of methoxy groups -OCH3 is 1. The Balaban J connectivity index is 1.63. The molecule has 1 aromatic carbocycles. The van der Waals surface area contributed by atoms with Gasteiger partial charge in [-0.2, -0.15) is 4.36 Å². The van der Waals surface area contributed by atoms with Crippen molar-refractivity contribution >= 4 is 27.2 Å². The summed E-state index contributed by atoms with van der Waals surface area (Å²) in [6, 6.07) is 13.6. The summed E-state index contributed by atoms with van der Waals surface area (Å²) in [6.45, 7) is 4.67. The van der Waals surface area contributed by atoms with Gasteiger partial charge < -0.3 is 19.7 Å². The van der Waals surface area contributed by atoms with Gasteiger partial charge in [0.15, 0.2) is 11.6 Å². The van der Waals surface area contributed by atoms with Crippen LogP contribution < -0.4 is 15.0 Å². The summed E-state index contributed by atoms with van der Waals surface area (Å²) in [5, 5.41) is 3.34. The molecule has 0 bridgehead atoms. The summed E-state index contributed by atoms with van der Waals surface area (Å²) in [5.74, 6) is 3.18. The largest absolute Gasteiger partial charge is 0.497 e. The van der Waals surface area contributed by atoms with Crippen LogP contribution in [0, 0.1) is 0 Å². The van der Waals surface area contributed by atoms with Gasteiger partial charge in [0.2, 0.25) is 0 Å². The van der Waals surface area contributed by atoms with Crippen molar-refractivity contribution in [3.05, 3.63) is 54.2 Å². The smallest absolute Gasteiger partial charge is 0.167 e. The van der Waals surface area contributed by atoms with Crippen LogP contribution >= 0.6 is 0 Å². The van der Waals surface area contributed by atoms with Crippen molar-refractivity contribution in [2.75, 3.05) is 49.6 Å². The molecule has 9 nitrogen and oxygen atoms in total. The van der Waals surface area contributed by atoms with Crippen LogP contribution in [0.25, 0.3) is 11.4 Å². The first-order valence-corrected chi connectivity index (χ1v) is 13.4. The van der Waals surface area contributed by atoms with Gasteiger partial charge in [-0.1, -0.05) is 12.1 Å². The zero-order chi connectivity index (χ0) is 24.1. The van der Waals surface area contributed by atoms with Crippen molar-refractivity contribution in [1.29, 1.82) is 0 Å². The highest BCUT2D eigenvalue weighted by atomic mass is 32.2. The molecule has 0 saturated carbocycles. The van der Waals surface area contributed by atoms with Crippen LogP contribution in [0.5, 0.6) is 5.75 Å². The summed E-state index contributed by atoms with van der Waals surface area (Å²) in [4.78, 5) is 16.0. The molecule has 180 valence electrons. The van der Waals surface area contributed by atoms with Crippen molar-refractivity contribution < 1.29 is 13.7 Å². The molecule has 3 aromatic rings. The molecule has 4 rings (SSSR count). The standard InChI is InChI=1S/C24H30N6O3S/c1-17-16-33-12-11-30(17)23-14-22(29-34(3,4)31)27-24(28-23)19-9-10-25-21(13-19)26-15-18-5-7-20(32-2)8-6-18/h5-10,13-14,17H,11-12,15-16H2,1-4H3,(H,25,26)/t17-/m1/s1. The van der Waals surface area contributed by atoms with E-state index >= 15 is 0 Å². The van der Waals surface area contributed by atoms with Gasteiger partial charge in [-0.05, 0) is 36.8 Å². The summed E-state index contributed by atoms with van der Waals surface area (Å²) in [6.07, 6.45) is 4.91. The number of nitrogens with zero attached hydrogens (tertiary/aromatic N) is 5. The van der Waals surface area contributed by atoms with E-state index in [1.807, 2.05) is 36.4 Å². The number of ether oxygens (including phenoxy) is 2. The van der Waals surface area contributed by atoms with Crippen LogP contribution in [-0.4, -0.2) is 64.6 Å². The number of anilines is 2. The molecule has 0 radical (unpaired) electrons. The lowest BCUT2D eigenvalue weighted by Gasteiger charge is -2.34. The Hall–Kier alpha value is -3.24. The minimum absolute atomic E-state index is 0.163. The molecule has 0 amide bonds. The maximum absolute atomic E-state index is 12.4. The first kappa shape index (κ1) is 23.9. The Morgan fingerprint density at radius 3 is 2.71 bits per heavy atom. The third kappa shape index (κ3) is 6.21. The number of morpholine rings is 1. The second-order valence-electron chi connectivity index (χ2n) is 8.43. The minimum atomic E-state index is -2.38. The number of aromatic nitrogens is 3. The van der Waals surface area contributed by atoms with Crippen LogP contribution in [0.4, 0.5) is 17.5 Å². The zero-order valence-electron chi connectivity index (χ0n) is 19.9. The van der Waals surface area contributed by atoms with Gasteiger partial charge >= 0.3 is 0 Å². The molecular weight excluding hydrogens is 452 g/mol. The summed E-state index contributed by atoms with van der Waals surface area (Å²) >= 11 is 0. The normalized spacial score (nSPS) is 16.2. The molecule has 1 atom stereocenters. The van der Waals surface area contributed by atoms with E-state index in [1.165, 1.54) is 0 Å². The highest BCUT2D eigenvalue weighted by Gasteiger charge is 2.22. The molecule has 34 heavy (non-hydrogen) atoms. The maximum atomic E-state index is 12.4. The number of pyridine rings is 1. The average molecular weight is 483 g/mol. The van der Waals surface area contributed by atoms with Crippen LogP contribution in [0.3, 0.4) is 0 Å². The molecule has 2 aromatic heterocycles. The monoisotopic (exact) mass is 482 g/mol. The van der Waals surface area contributed by atoms with E-state index in [1.54, 1.807) is 31.9 Å². The molecule has 3 heterocycles. The van der Waals surface area contributed by atoms with Gasteiger partial charge in [-0.3, -0.25) is 0 Å². The Labute approximate surface area is 200 Å². The zero-order valence-corrected chi connectivity index (χ0v) is 20.7. The van der Waals surface area contributed by atoms with Crippen LogP contribution in [0.1, 0.15) is 12.5 Å². The number of benzene rings is 1. The molecular formula is C24H30N6O3S. The van der Waals surface area contributed by atoms with E-state index in [2.05, 4.69) is 31.5 Å². The van der Waals surface area contributed by atoms with Crippen molar-refractivity contribution in [1.82, 2.24) is 15.0 Å². The molecule has 1 aliphatic rings. The molecule has 0 unspecified atom stereocenters. The van der Waals surface area contributed by atoms with E-state index in [4.69, 9.17) is 14.5 Å². The first-order valence-electron chi connectivity index (χ1n) is 11.0. The van der Waals surface area contributed by atoms with Crippen LogP contribution in [0.15, 0.2) is 53.0 Å². The predicted octanol–water partition coefficient (Wildman–Crippen LogP) is 3.74. The van der Waals surface area contributed by atoms with E-state index in [0.29, 0.717) is 37.2 Å². The quantitative estimate of drug-likeness (QED) is 0.543. The highest BCUT2D eigenvalue weighted by Crippen LogP contribution is 2.27. The molecule has 1 saturated heterocycles.